The summed E-state index contributed by atoms with van der Waals surface area (Å²) in [5.74, 6) is 0. The number of ether oxygens (including phenoxy) is 1. The van der Waals surface area contributed by atoms with Crippen LogP contribution in [-0.4, -0.2) is 13.3 Å². The van der Waals surface area contributed by atoms with Crippen molar-refractivity contribution < 1.29 is 4.74 Å². The molecule has 0 bridgehead atoms. The Bertz CT molecular complexity index is 301. The van der Waals surface area contributed by atoms with Crippen LogP contribution in [0, 0.1) is 0 Å². The third-order valence-electron chi connectivity index (χ3n) is 2.17. The van der Waals surface area contributed by atoms with Gasteiger partial charge in [0.2, 0.25) is 0 Å². The Balaban J connectivity index is 2.28. The van der Waals surface area contributed by atoms with Gasteiger partial charge in [0.05, 0.1) is 0 Å². The molecule has 0 radical (unpaired) electrons. The van der Waals surface area contributed by atoms with Crippen molar-refractivity contribution in [1.82, 2.24) is 0 Å². The van der Waals surface area contributed by atoms with Gasteiger partial charge in [-0.3, -0.25) is 0 Å². The molecule has 0 unspecified atom stereocenters. The van der Waals surface area contributed by atoms with Gasteiger partial charge in [-0.25, -0.2) is 0 Å². The third kappa shape index (κ3) is 2.23. The first-order valence-electron chi connectivity index (χ1n) is 4.46. The number of hydrogen-bond acceptors (Lipinski definition) is 2. The number of fused-ring (bicyclic) bond motifs is 1. The first-order valence-corrected chi connectivity index (χ1v) is 5.25. The van der Waals surface area contributed by atoms with E-state index in [0.717, 1.165) is 23.9 Å². The summed E-state index contributed by atoms with van der Waals surface area (Å²) in [6.45, 7) is 1.47. The largest absolute Gasteiger partial charge is 0.362 e. The van der Waals surface area contributed by atoms with E-state index in [0.29, 0.717) is 6.73 Å². The monoisotopic (exact) mass is 241 g/mol. The lowest BCUT2D eigenvalue weighted by Crippen LogP contribution is -2.12. The van der Waals surface area contributed by atoms with Crippen LogP contribution in [0.25, 0.3) is 0 Å². The summed E-state index contributed by atoms with van der Waals surface area (Å²) in [5.41, 5.74) is 2.57. The first-order chi connectivity index (χ1) is 6.36. The fourth-order valence-electron chi connectivity index (χ4n) is 1.51. The predicted octanol–water partition coefficient (Wildman–Crippen LogP) is 2.78. The van der Waals surface area contributed by atoms with Crippen LogP contribution in [0.3, 0.4) is 0 Å². The minimum absolute atomic E-state index is 0.620. The Morgan fingerprint density at radius 3 is 3.23 bits per heavy atom. The average molecular weight is 242 g/mol. The molecule has 0 spiro atoms. The minimum Gasteiger partial charge on any atom is -0.362 e. The van der Waals surface area contributed by atoms with Crippen LogP contribution in [0.2, 0.25) is 0 Å². The number of hydrogen-bond donors (Lipinski definition) is 1. The van der Waals surface area contributed by atoms with E-state index in [1.54, 1.807) is 0 Å². The van der Waals surface area contributed by atoms with Gasteiger partial charge in [-0.1, -0.05) is 15.9 Å². The van der Waals surface area contributed by atoms with E-state index >= 15 is 0 Å². The van der Waals surface area contributed by atoms with Gasteiger partial charge in [-0.2, -0.15) is 0 Å². The molecule has 1 N–H and O–H groups in total. The van der Waals surface area contributed by atoms with Gasteiger partial charge < -0.3 is 10.1 Å². The Labute approximate surface area is 86.4 Å². The van der Waals surface area contributed by atoms with Crippen molar-refractivity contribution in [1.29, 1.82) is 0 Å². The van der Waals surface area contributed by atoms with Crippen molar-refractivity contribution in [3.8, 4) is 0 Å². The third-order valence-corrected chi connectivity index (χ3v) is 2.66. The lowest BCUT2D eigenvalue weighted by molar-refractivity contribution is 0.147. The molecule has 0 atom stereocenters. The summed E-state index contributed by atoms with van der Waals surface area (Å²) in [6, 6.07) is 6.31. The normalized spacial score (nSPS) is 16.7. The van der Waals surface area contributed by atoms with E-state index in [1.165, 1.54) is 11.3 Å². The molecule has 2 nitrogen and oxygen atoms in total. The summed E-state index contributed by atoms with van der Waals surface area (Å²) in [4.78, 5) is 0. The molecule has 1 aromatic carbocycles. The smallest absolute Gasteiger partial charge is 0.116 e. The van der Waals surface area contributed by atoms with Crippen LogP contribution >= 0.6 is 15.9 Å². The first kappa shape index (κ1) is 9.03. The molecule has 70 valence electrons. The van der Waals surface area contributed by atoms with E-state index < -0.39 is 0 Å². The van der Waals surface area contributed by atoms with Crippen LogP contribution in [-0.2, 0) is 11.2 Å². The molecule has 0 aromatic heterocycles. The number of benzene rings is 1. The molecule has 1 aliphatic heterocycles. The second kappa shape index (κ2) is 4.11. The molecule has 1 aliphatic rings. The van der Waals surface area contributed by atoms with Gasteiger partial charge >= 0.3 is 0 Å². The Morgan fingerprint density at radius 1 is 1.38 bits per heavy atom. The highest BCUT2D eigenvalue weighted by molar-refractivity contribution is 9.10. The zero-order chi connectivity index (χ0) is 9.10. The zero-order valence-electron chi connectivity index (χ0n) is 7.35. The van der Waals surface area contributed by atoms with Crippen LogP contribution in [0.15, 0.2) is 22.7 Å². The molecule has 1 heterocycles. The molecule has 0 fully saturated rings. The van der Waals surface area contributed by atoms with E-state index in [2.05, 4.69) is 33.4 Å². The van der Waals surface area contributed by atoms with Gasteiger partial charge in [0.1, 0.15) is 6.73 Å². The molecule has 0 saturated carbocycles. The van der Waals surface area contributed by atoms with Crippen LogP contribution in [0.5, 0.6) is 0 Å². The molecule has 2 rings (SSSR count). The number of halogens is 1. The number of anilines is 1. The highest BCUT2D eigenvalue weighted by atomic mass is 79.9. The average Bonchev–Trinajstić information content (AvgIpc) is 2.08. The number of aryl methyl sites for hydroxylation is 1. The van der Waals surface area contributed by atoms with Crippen molar-refractivity contribution >= 4 is 21.6 Å². The van der Waals surface area contributed by atoms with Crippen molar-refractivity contribution in [2.45, 2.75) is 12.8 Å². The molecule has 0 saturated heterocycles. The lowest BCUT2D eigenvalue weighted by atomic mass is 10.1. The van der Waals surface area contributed by atoms with Crippen LogP contribution in [0.1, 0.15) is 12.0 Å². The zero-order valence-corrected chi connectivity index (χ0v) is 8.93. The second-order valence-electron chi connectivity index (χ2n) is 3.13. The van der Waals surface area contributed by atoms with Crippen molar-refractivity contribution in [2.24, 2.45) is 0 Å². The Kier molecular flexibility index (Phi) is 2.86. The SMILES string of the molecule is Brc1ccc2c(c1)CCCOCN2. The maximum atomic E-state index is 5.34. The summed E-state index contributed by atoms with van der Waals surface area (Å²) in [6.07, 6.45) is 2.19. The van der Waals surface area contributed by atoms with Gasteiger partial charge in [-0.05, 0) is 36.6 Å². The number of nitrogens with one attached hydrogen (secondary N) is 1. The Hall–Kier alpha value is -0.540. The molecule has 1 aromatic rings. The number of rotatable bonds is 0. The topological polar surface area (TPSA) is 21.3 Å². The molecule has 3 heteroatoms. The van der Waals surface area contributed by atoms with Crippen LogP contribution < -0.4 is 5.32 Å². The van der Waals surface area contributed by atoms with Gasteiger partial charge in [-0.15, -0.1) is 0 Å². The molecular formula is C10H12BrNO. The van der Waals surface area contributed by atoms with Gasteiger partial charge in [0.15, 0.2) is 0 Å². The van der Waals surface area contributed by atoms with Gasteiger partial charge in [0, 0.05) is 16.8 Å². The van der Waals surface area contributed by atoms with Crippen molar-refractivity contribution in [3.63, 3.8) is 0 Å². The van der Waals surface area contributed by atoms with Crippen molar-refractivity contribution in [2.75, 3.05) is 18.7 Å². The summed E-state index contributed by atoms with van der Waals surface area (Å²) in [7, 11) is 0. The summed E-state index contributed by atoms with van der Waals surface area (Å²) < 4.78 is 6.49. The van der Waals surface area contributed by atoms with E-state index in [1.807, 2.05) is 6.07 Å². The molecule has 13 heavy (non-hydrogen) atoms. The molecule has 0 aliphatic carbocycles. The summed E-state index contributed by atoms with van der Waals surface area (Å²) >= 11 is 3.48. The van der Waals surface area contributed by atoms with Crippen LogP contribution in [0.4, 0.5) is 5.69 Å². The Morgan fingerprint density at radius 2 is 2.31 bits per heavy atom. The molecule has 0 amide bonds. The fraction of sp³-hybridized carbons (Fsp3) is 0.400. The van der Waals surface area contributed by atoms with Crippen molar-refractivity contribution in [3.05, 3.63) is 28.2 Å². The maximum absolute atomic E-state index is 5.34. The molecular weight excluding hydrogens is 230 g/mol. The highest BCUT2D eigenvalue weighted by Gasteiger charge is 2.05. The summed E-state index contributed by atoms with van der Waals surface area (Å²) in [5, 5.41) is 3.25. The van der Waals surface area contributed by atoms with E-state index in [9.17, 15) is 0 Å². The van der Waals surface area contributed by atoms with E-state index in [4.69, 9.17) is 4.74 Å². The standard InChI is InChI=1S/C10H12BrNO/c11-9-3-4-10-8(6-9)2-1-5-13-7-12-10/h3-4,6,12H,1-2,5,7H2. The van der Waals surface area contributed by atoms with Gasteiger partial charge in [0.25, 0.3) is 0 Å². The fourth-order valence-corrected chi connectivity index (χ4v) is 1.92. The lowest BCUT2D eigenvalue weighted by Gasteiger charge is -2.16. The van der Waals surface area contributed by atoms with E-state index in [-0.39, 0.29) is 0 Å². The maximum Gasteiger partial charge on any atom is 0.116 e. The highest BCUT2D eigenvalue weighted by Crippen LogP contribution is 2.23. The quantitative estimate of drug-likeness (QED) is 0.755. The second-order valence-corrected chi connectivity index (χ2v) is 4.05. The predicted molar refractivity (Wildman–Crippen MR) is 56.9 cm³/mol. The minimum atomic E-state index is 0.620.